The summed E-state index contributed by atoms with van der Waals surface area (Å²) in [5, 5.41) is 12.2. The predicted molar refractivity (Wildman–Crippen MR) is 81.4 cm³/mol. The van der Waals surface area contributed by atoms with Gasteiger partial charge in [0.05, 0.1) is 18.4 Å². The van der Waals surface area contributed by atoms with Gasteiger partial charge in [-0.1, -0.05) is 0 Å². The van der Waals surface area contributed by atoms with Crippen LogP contribution in [0.4, 0.5) is 10.5 Å². The Hall–Kier alpha value is -1.67. The number of Topliss-reactive ketones (excluding diaryl/α,β-unsaturated/α-hetero) is 1. The maximum atomic E-state index is 12.1. The average Bonchev–Trinajstić information content (AvgIpc) is 2.46. The van der Waals surface area contributed by atoms with Gasteiger partial charge in [0.15, 0.2) is 11.4 Å². The second kappa shape index (κ2) is 5.98. The molecule has 7 nitrogen and oxygen atoms in total. The monoisotopic (exact) mass is 356 g/mol. The molecule has 1 aliphatic rings. The molecule has 2 heterocycles. The van der Waals surface area contributed by atoms with Crippen molar-refractivity contribution in [3.63, 3.8) is 0 Å². The van der Waals surface area contributed by atoms with Crippen LogP contribution in [0.15, 0.2) is 22.9 Å². The van der Waals surface area contributed by atoms with E-state index in [2.05, 4.69) is 26.2 Å². The molecule has 1 aromatic heterocycles. The number of pyridine rings is 1. The van der Waals surface area contributed by atoms with Crippen molar-refractivity contribution < 1.29 is 14.7 Å². The predicted octanol–water partition coefficient (Wildman–Crippen LogP) is 1.15. The van der Waals surface area contributed by atoms with E-state index in [0.29, 0.717) is 6.54 Å². The van der Waals surface area contributed by atoms with Crippen LogP contribution < -0.4 is 10.2 Å². The molecule has 0 spiro atoms. The molecule has 21 heavy (non-hydrogen) atoms. The highest BCUT2D eigenvalue weighted by Crippen LogP contribution is 2.25. The van der Waals surface area contributed by atoms with Gasteiger partial charge >= 0.3 is 6.09 Å². The minimum Gasteiger partial charge on any atom is -0.465 e. The van der Waals surface area contributed by atoms with E-state index < -0.39 is 11.8 Å². The third kappa shape index (κ3) is 2.86. The molecule has 2 N–H and O–H groups in total. The Labute approximate surface area is 131 Å². The number of hydrogen-bond acceptors (Lipinski definition) is 5. The van der Waals surface area contributed by atoms with Gasteiger partial charge in [-0.05, 0) is 42.0 Å². The highest BCUT2D eigenvalue weighted by atomic mass is 79.9. The zero-order chi connectivity index (χ0) is 15.6. The number of anilines is 1. The van der Waals surface area contributed by atoms with Gasteiger partial charge in [0, 0.05) is 13.1 Å². The summed E-state index contributed by atoms with van der Waals surface area (Å²) < 4.78 is 0.724. The fraction of sp³-hybridized carbons (Fsp3) is 0.462. The fourth-order valence-electron chi connectivity index (χ4n) is 2.58. The van der Waals surface area contributed by atoms with Gasteiger partial charge in [0.25, 0.3) is 0 Å². The van der Waals surface area contributed by atoms with Crippen molar-refractivity contribution in [2.24, 2.45) is 0 Å². The van der Waals surface area contributed by atoms with Crippen LogP contribution in [-0.4, -0.2) is 59.2 Å². The summed E-state index contributed by atoms with van der Waals surface area (Å²) in [5.41, 5.74) is -0.388. The van der Waals surface area contributed by atoms with Gasteiger partial charge in [-0.3, -0.25) is 15.0 Å². The molecule has 1 saturated heterocycles. The Morgan fingerprint density at radius 1 is 1.43 bits per heavy atom. The lowest BCUT2D eigenvalue weighted by Gasteiger charge is -2.48. The van der Waals surface area contributed by atoms with Gasteiger partial charge in [-0.25, -0.2) is 9.78 Å². The molecule has 1 atom stereocenters. The molecule has 2 rings (SSSR count). The van der Waals surface area contributed by atoms with E-state index >= 15 is 0 Å². The molecule has 0 saturated carbocycles. The van der Waals surface area contributed by atoms with Crippen molar-refractivity contribution in [1.82, 2.24) is 15.2 Å². The Kier molecular flexibility index (Phi) is 4.48. The van der Waals surface area contributed by atoms with E-state index in [0.717, 1.165) is 15.2 Å². The lowest BCUT2D eigenvalue weighted by Crippen LogP contribution is -2.73. The smallest absolute Gasteiger partial charge is 0.409 e. The van der Waals surface area contributed by atoms with Crippen molar-refractivity contribution in [2.45, 2.75) is 12.6 Å². The molecular formula is C13H17BrN4O3. The SMILES string of the molecule is CNC1(C(C)=O)CN(c2ccc(Br)nc2)CCN1C(=O)O. The van der Waals surface area contributed by atoms with E-state index in [9.17, 15) is 14.7 Å². The summed E-state index contributed by atoms with van der Waals surface area (Å²) >= 11 is 3.28. The number of carboxylic acid groups (broad SMARTS) is 1. The number of nitrogens with zero attached hydrogens (tertiary/aromatic N) is 3. The molecule has 1 amide bonds. The summed E-state index contributed by atoms with van der Waals surface area (Å²) in [5.74, 6) is -0.234. The molecule has 1 aromatic rings. The van der Waals surface area contributed by atoms with E-state index in [1.807, 2.05) is 17.0 Å². The van der Waals surface area contributed by atoms with Gasteiger partial charge < -0.3 is 10.0 Å². The first-order valence-corrected chi connectivity index (χ1v) is 7.27. The second-order valence-corrected chi connectivity index (χ2v) is 5.67. The van der Waals surface area contributed by atoms with Gasteiger partial charge in [0.2, 0.25) is 0 Å². The summed E-state index contributed by atoms with van der Waals surface area (Å²) in [6, 6.07) is 3.70. The number of halogens is 1. The van der Waals surface area contributed by atoms with E-state index in [1.54, 1.807) is 13.2 Å². The first-order chi connectivity index (χ1) is 9.90. The number of carbonyl (C=O) groups is 2. The quantitative estimate of drug-likeness (QED) is 0.790. The average molecular weight is 357 g/mol. The van der Waals surface area contributed by atoms with Crippen LogP contribution in [0.5, 0.6) is 0 Å². The van der Waals surface area contributed by atoms with Crippen LogP contribution >= 0.6 is 15.9 Å². The van der Waals surface area contributed by atoms with Crippen molar-refractivity contribution in [1.29, 1.82) is 0 Å². The van der Waals surface area contributed by atoms with Crippen molar-refractivity contribution >= 4 is 33.5 Å². The highest BCUT2D eigenvalue weighted by Gasteiger charge is 2.47. The third-order valence-corrected chi connectivity index (χ3v) is 4.25. The number of hydrogen-bond donors (Lipinski definition) is 2. The van der Waals surface area contributed by atoms with Crippen LogP contribution in [0.2, 0.25) is 0 Å². The number of aromatic nitrogens is 1. The van der Waals surface area contributed by atoms with E-state index in [-0.39, 0.29) is 18.9 Å². The van der Waals surface area contributed by atoms with E-state index in [1.165, 1.54) is 6.92 Å². The highest BCUT2D eigenvalue weighted by molar-refractivity contribution is 9.10. The fourth-order valence-corrected chi connectivity index (χ4v) is 2.81. The Morgan fingerprint density at radius 3 is 2.62 bits per heavy atom. The van der Waals surface area contributed by atoms with Gasteiger partial charge in [0.1, 0.15) is 4.60 Å². The maximum absolute atomic E-state index is 12.1. The number of rotatable bonds is 3. The summed E-state index contributed by atoms with van der Waals surface area (Å²) in [6.07, 6.45) is 0.592. The molecular weight excluding hydrogens is 340 g/mol. The first-order valence-electron chi connectivity index (χ1n) is 6.48. The lowest BCUT2D eigenvalue weighted by molar-refractivity contribution is -0.130. The van der Waals surface area contributed by atoms with Gasteiger partial charge in [-0.2, -0.15) is 0 Å². The minimum atomic E-state index is -1.24. The van der Waals surface area contributed by atoms with E-state index in [4.69, 9.17) is 0 Å². The van der Waals surface area contributed by atoms with Crippen LogP contribution in [0.3, 0.4) is 0 Å². The third-order valence-electron chi connectivity index (χ3n) is 3.78. The molecule has 0 bridgehead atoms. The number of amides is 1. The molecule has 0 aliphatic carbocycles. The number of piperazine rings is 1. The van der Waals surface area contributed by atoms with Crippen molar-refractivity contribution in [2.75, 3.05) is 31.6 Å². The molecule has 0 aromatic carbocycles. The number of likely N-dealkylation sites (N-methyl/N-ethyl adjacent to an activating group) is 1. The normalized spacial score (nSPS) is 22.2. The summed E-state index contributed by atoms with van der Waals surface area (Å²) in [7, 11) is 1.60. The first kappa shape index (κ1) is 15.7. The summed E-state index contributed by atoms with van der Waals surface area (Å²) in [4.78, 5) is 30.8. The second-order valence-electron chi connectivity index (χ2n) is 4.86. The van der Waals surface area contributed by atoms with Crippen molar-refractivity contribution in [3.8, 4) is 0 Å². The van der Waals surface area contributed by atoms with Crippen LogP contribution in [0.1, 0.15) is 6.92 Å². The molecule has 1 fully saturated rings. The van der Waals surface area contributed by atoms with Gasteiger partial charge in [-0.15, -0.1) is 0 Å². The molecule has 1 aliphatic heterocycles. The van der Waals surface area contributed by atoms with Crippen LogP contribution in [0, 0.1) is 0 Å². The topological polar surface area (TPSA) is 85.8 Å². The maximum Gasteiger partial charge on any atom is 0.409 e. The molecule has 114 valence electrons. The number of ketones is 1. The molecule has 1 unspecified atom stereocenters. The molecule has 8 heteroatoms. The Bertz CT molecular complexity index is 551. The Balaban J connectivity index is 2.33. The van der Waals surface area contributed by atoms with Crippen LogP contribution in [0.25, 0.3) is 0 Å². The zero-order valence-electron chi connectivity index (χ0n) is 11.8. The largest absolute Gasteiger partial charge is 0.465 e. The minimum absolute atomic E-state index is 0.234. The Morgan fingerprint density at radius 2 is 2.14 bits per heavy atom. The number of nitrogens with one attached hydrogen (secondary N) is 1. The standard InChI is InChI=1S/C13H17BrN4O3/c1-9(19)13(15-2)8-17(5-6-18(13)12(20)21)10-3-4-11(14)16-7-10/h3-4,7,15H,5-6,8H2,1-2H3,(H,20,21). The van der Waals surface area contributed by atoms with Crippen molar-refractivity contribution in [3.05, 3.63) is 22.9 Å². The summed E-state index contributed by atoms with van der Waals surface area (Å²) in [6.45, 7) is 2.39. The molecule has 0 radical (unpaired) electrons. The number of carbonyl (C=O) groups excluding carboxylic acids is 1. The zero-order valence-corrected chi connectivity index (χ0v) is 13.4. The lowest BCUT2D eigenvalue weighted by atomic mass is 9.99. The van der Waals surface area contributed by atoms with Crippen LogP contribution in [-0.2, 0) is 4.79 Å².